The van der Waals surface area contributed by atoms with Gasteiger partial charge in [0.1, 0.15) is 0 Å². The first kappa shape index (κ1) is 13.1. The van der Waals surface area contributed by atoms with Crippen molar-refractivity contribution < 1.29 is 13.2 Å². The molecule has 2 aromatic rings. The summed E-state index contributed by atoms with van der Waals surface area (Å²) in [6, 6.07) is 3.07. The fourth-order valence-corrected chi connectivity index (χ4v) is 1.79. The van der Waals surface area contributed by atoms with E-state index in [1.165, 1.54) is 10.6 Å². The first-order valence-electron chi connectivity index (χ1n) is 4.79. The summed E-state index contributed by atoms with van der Waals surface area (Å²) in [4.78, 5) is 0. The number of hydrogen-bond acceptors (Lipinski definition) is 2. The summed E-state index contributed by atoms with van der Waals surface area (Å²) >= 11 is 10.8. The van der Waals surface area contributed by atoms with E-state index in [0.717, 1.165) is 12.1 Å². The van der Waals surface area contributed by atoms with Crippen molar-refractivity contribution in [3.8, 4) is 11.4 Å². The molecule has 0 atom stereocenters. The molecule has 0 radical (unpaired) electrons. The van der Waals surface area contributed by atoms with Crippen molar-refractivity contribution in [2.24, 2.45) is 7.05 Å². The Bertz CT molecular complexity index is 645. The van der Waals surface area contributed by atoms with Crippen molar-refractivity contribution in [1.82, 2.24) is 14.8 Å². The molecule has 0 spiro atoms. The number of aromatic amines is 1. The summed E-state index contributed by atoms with van der Waals surface area (Å²) in [5.41, 5.74) is -0.600. The van der Waals surface area contributed by atoms with E-state index in [1.54, 1.807) is 7.05 Å². The molecule has 0 aliphatic heterocycles. The largest absolute Gasteiger partial charge is 0.416 e. The van der Waals surface area contributed by atoms with Crippen LogP contribution in [-0.2, 0) is 13.2 Å². The second kappa shape index (κ2) is 4.40. The van der Waals surface area contributed by atoms with E-state index in [0.29, 0.717) is 4.77 Å². The molecule has 0 amide bonds. The Morgan fingerprint density at radius 2 is 2.06 bits per heavy atom. The molecule has 1 aromatic heterocycles. The number of benzene rings is 1. The van der Waals surface area contributed by atoms with Crippen LogP contribution in [0, 0.1) is 4.77 Å². The summed E-state index contributed by atoms with van der Waals surface area (Å²) < 4.78 is 39.6. The van der Waals surface area contributed by atoms with Crippen LogP contribution in [0.15, 0.2) is 18.2 Å². The van der Waals surface area contributed by atoms with Crippen molar-refractivity contribution in [3.05, 3.63) is 33.6 Å². The number of hydrogen-bond donors (Lipinski definition) is 1. The van der Waals surface area contributed by atoms with Crippen LogP contribution in [-0.4, -0.2) is 14.8 Å². The van der Waals surface area contributed by atoms with Gasteiger partial charge in [0.25, 0.3) is 0 Å². The molecule has 1 N–H and O–H groups in total. The Balaban J connectivity index is 2.64. The highest BCUT2D eigenvalue weighted by atomic mass is 35.5. The number of nitrogens with zero attached hydrogens (tertiary/aromatic N) is 2. The minimum Gasteiger partial charge on any atom is -0.303 e. The molecule has 0 fully saturated rings. The number of H-pyrrole nitrogens is 1. The Morgan fingerprint density at radius 3 is 2.56 bits per heavy atom. The van der Waals surface area contributed by atoms with Crippen LogP contribution in [0.5, 0.6) is 0 Å². The van der Waals surface area contributed by atoms with Gasteiger partial charge in [-0.2, -0.15) is 18.3 Å². The van der Waals surface area contributed by atoms with E-state index >= 15 is 0 Å². The molecule has 0 aliphatic carbocycles. The lowest BCUT2D eigenvalue weighted by Gasteiger charge is -2.09. The molecule has 0 saturated heterocycles. The Morgan fingerprint density at radius 1 is 1.39 bits per heavy atom. The third kappa shape index (κ3) is 2.28. The van der Waals surface area contributed by atoms with E-state index in [2.05, 4.69) is 10.2 Å². The van der Waals surface area contributed by atoms with Gasteiger partial charge < -0.3 is 4.57 Å². The fourth-order valence-electron chi connectivity index (χ4n) is 1.46. The fraction of sp³-hybridized carbons (Fsp3) is 0.200. The summed E-state index contributed by atoms with van der Waals surface area (Å²) in [7, 11) is 1.59. The van der Waals surface area contributed by atoms with Crippen LogP contribution >= 0.6 is 23.8 Å². The second-order valence-electron chi connectivity index (χ2n) is 3.60. The Kier molecular flexibility index (Phi) is 3.20. The van der Waals surface area contributed by atoms with Gasteiger partial charge in [-0.1, -0.05) is 11.6 Å². The monoisotopic (exact) mass is 293 g/mol. The quantitative estimate of drug-likeness (QED) is 0.811. The van der Waals surface area contributed by atoms with Gasteiger partial charge in [-0.3, -0.25) is 5.10 Å². The summed E-state index contributed by atoms with van der Waals surface area (Å²) in [5.74, 6) is 0.260. The number of aromatic nitrogens is 3. The number of nitrogens with one attached hydrogen (secondary N) is 1. The first-order valence-corrected chi connectivity index (χ1v) is 5.58. The molecular weight excluding hydrogens is 287 g/mol. The first-order chi connectivity index (χ1) is 8.30. The predicted octanol–water partition coefficient (Wildman–Crippen LogP) is 3.82. The average Bonchev–Trinajstić information content (AvgIpc) is 2.59. The van der Waals surface area contributed by atoms with Gasteiger partial charge in [0, 0.05) is 12.6 Å². The molecule has 0 aliphatic rings. The van der Waals surface area contributed by atoms with Gasteiger partial charge in [0.15, 0.2) is 10.6 Å². The van der Waals surface area contributed by atoms with Crippen molar-refractivity contribution in [2.75, 3.05) is 0 Å². The van der Waals surface area contributed by atoms with E-state index in [4.69, 9.17) is 23.8 Å². The third-order valence-electron chi connectivity index (χ3n) is 2.41. The number of rotatable bonds is 1. The highest BCUT2D eigenvalue weighted by Crippen LogP contribution is 2.35. The average molecular weight is 294 g/mol. The zero-order valence-corrected chi connectivity index (χ0v) is 10.6. The topological polar surface area (TPSA) is 33.6 Å². The molecular formula is C10H7ClF3N3S. The van der Waals surface area contributed by atoms with Crippen molar-refractivity contribution in [2.45, 2.75) is 6.18 Å². The van der Waals surface area contributed by atoms with Crippen LogP contribution in [0.1, 0.15) is 5.56 Å². The van der Waals surface area contributed by atoms with E-state index in [-0.39, 0.29) is 16.4 Å². The lowest BCUT2D eigenvalue weighted by molar-refractivity contribution is -0.137. The highest BCUT2D eigenvalue weighted by molar-refractivity contribution is 7.71. The summed E-state index contributed by atoms with van der Waals surface area (Å²) in [5, 5.41) is 6.54. The maximum absolute atomic E-state index is 12.6. The van der Waals surface area contributed by atoms with Crippen LogP contribution in [0.25, 0.3) is 11.4 Å². The zero-order valence-electron chi connectivity index (χ0n) is 9.05. The predicted molar refractivity (Wildman–Crippen MR) is 63.8 cm³/mol. The molecule has 2 rings (SSSR count). The summed E-state index contributed by atoms with van der Waals surface area (Å²) in [6.45, 7) is 0. The zero-order chi connectivity index (χ0) is 13.5. The maximum atomic E-state index is 12.6. The van der Waals surface area contributed by atoms with Crippen molar-refractivity contribution >= 4 is 23.8 Å². The van der Waals surface area contributed by atoms with E-state index in [1.807, 2.05) is 0 Å². The van der Waals surface area contributed by atoms with Gasteiger partial charge >= 0.3 is 6.18 Å². The molecule has 0 bridgehead atoms. The second-order valence-corrected chi connectivity index (χ2v) is 4.40. The Labute approximate surface area is 110 Å². The van der Waals surface area contributed by atoms with Crippen LogP contribution in [0.3, 0.4) is 0 Å². The van der Waals surface area contributed by atoms with Gasteiger partial charge in [-0.15, -0.1) is 0 Å². The molecule has 0 unspecified atom stereocenters. The smallest absolute Gasteiger partial charge is 0.303 e. The van der Waals surface area contributed by atoms with Gasteiger partial charge in [0.05, 0.1) is 10.6 Å². The third-order valence-corrected chi connectivity index (χ3v) is 3.11. The minimum absolute atomic E-state index is 0.181. The summed E-state index contributed by atoms with van der Waals surface area (Å²) in [6.07, 6.45) is -4.43. The molecule has 0 saturated carbocycles. The molecule has 8 heteroatoms. The van der Waals surface area contributed by atoms with E-state index < -0.39 is 11.7 Å². The lowest BCUT2D eigenvalue weighted by atomic mass is 10.1. The Hall–Kier alpha value is -1.34. The molecule has 1 heterocycles. The van der Waals surface area contributed by atoms with Crippen LogP contribution in [0.2, 0.25) is 5.02 Å². The highest BCUT2D eigenvalue weighted by Gasteiger charge is 2.31. The van der Waals surface area contributed by atoms with Crippen LogP contribution in [0.4, 0.5) is 13.2 Å². The normalized spacial score (nSPS) is 11.8. The van der Waals surface area contributed by atoms with Crippen molar-refractivity contribution in [3.63, 3.8) is 0 Å². The molecule has 96 valence electrons. The van der Waals surface area contributed by atoms with Gasteiger partial charge in [0.2, 0.25) is 0 Å². The van der Waals surface area contributed by atoms with Crippen LogP contribution < -0.4 is 0 Å². The number of alkyl halides is 3. The van der Waals surface area contributed by atoms with Gasteiger partial charge in [-0.05, 0) is 30.4 Å². The molecule has 3 nitrogen and oxygen atoms in total. The SMILES string of the molecule is Cn1c(-c2cc(C(F)(F)F)ccc2Cl)n[nH]c1=S. The molecule has 18 heavy (non-hydrogen) atoms. The van der Waals surface area contributed by atoms with E-state index in [9.17, 15) is 13.2 Å². The minimum atomic E-state index is -4.43. The number of halogens is 4. The maximum Gasteiger partial charge on any atom is 0.416 e. The van der Waals surface area contributed by atoms with Crippen molar-refractivity contribution in [1.29, 1.82) is 0 Å². The molecule has 1 aromatic carbocycles. The lowest BCUT2D eigenvalue weighted by Crippen LogP contribution is -2.05. The standard InChI is InChI=1S/C10H7ClF3N3S/c1-17-8(15-16-9(17)18)6-4-5(10(12,13)14)2-3-7(6)11/h2-4H,1H3,(H,16,18). The van der Waals surface area contributed by atoms with Gasteiger partial charge in [-0.25, -0.2) is 0 Å².